The summed E-state index contributed by atoms with van der Waals surface area (Å²) in [5.41, 5.74) is 0.173. The van der Waals surface area contributed by atoms with Crippen LogP contribution in [0.2, 0.25) is 0 Å². The van der Waals surface area contributed by atoms with Crippen LogP contribution in [0.3, 0.4) is 0 Å². The molecule has 4 heteroatoms. The van der Waals surface area contributed by atoms with Crippen molar-refractivity contribution in [3.05, 3.63) is 12.2 Å². The van der Waals surface area contributed by atoms with Gasteiger partial charge in [0.25, 0.3) is 0 Å². The zero-order chi connectivity index (χ0) is 11.3. The molecule has 0 fully saturated rings. The Balaban J connectivity index is 2.54. The lowest BCUT2D eigenvalue weighted by atomic mass is 9.88. The first-order valence-electron chi connectivity index (χ1n) is 5.31. The summed E-state index contributed by atoms with van der Waals surface area (Å²) in [4.78, 5) is 10.7. The van der Waals surface area contributed by atoms with Gasteiger partial charge >= 0.3 is 5.30 Å². The minimum atomic E-state index is -0.499. The van der Waals surface area contributed by atoms with Crippen LogP contribution in [0.25, 0.3) is 0 Å². The lowest BCUT2D eigenvalue weighted by Gasteiger charge is -2.30. The number of ether oxygens (including phenoxy) is 1. The van der Waals surface area contributed by atoms with Crippen molar-refractivity contribution in [2.75, 3.05) is 7.05 Å². The minimum Gasteiger partial charge on any atom is -0.450 e. The fourth-order valence-corrected chi connectivity index (χ4v) is 1.96. The molecule has 1 aliphatic rings. The molecule has 1 rings (SSSR count). The zero-order valence-electron chi connectivity index (χ0n) is 9.32. The summed E-state index contributed by atoms with van der Waals surface area (Å²) in [6.07, 6.45) is 7.92. The van der Waals surface area contributed by atoms with Crippen molar-refractivity contribution in [3.8, 4) is 0 Å². The Bertz CT molecular complexity index is 255. The topological polar surface area (TPSA) is 38.3 Å². The first-order valence-corrected chi connectivity index (χ1v) is 5.76. The molecule has 0 amide bonds. The molecule has 0 aliphatic heterocycles. The van der Waals surface area contributed by atoms with Crippen LogP contribution < -0.4 is 5.32 Å². The molecule has 0 aromatic carbocycles. The number of rotatable bonds is 2. The quantitative estimate of drug-likeness (QED) is 0.434. The average molecular weight is 229 g/mol. The largest absolute Gasteiger partial charge is 0.450 e. The van der Waals surface area contributed by atoms with Crippen LogP contribution in [-0.2, 0) is 4.74 Å². The van der Waals surface area contributed by atoms with Crippen LogP contribution >= 0.6 is 12.6 Å². The maximum atomic E-state index is 10.7. The Morgan fingerprint density at radius 2 is 2.40 bits per heavy atom. The van der Waals surface area contributed by atoms with Gasteiger partial charge in [0.15, 0.2) is 0 Å². The highest BCUT2D eigenvalue weighted by Crippen LogP contribution is 2.23. The van der Waals surface area contributed by atoms with Crippen molar-refractivity contribution < 1.29 is 9.53 Å². The summed E-state index contributed by atoms with van der Waals surface area (Å²) in [6, 6.07) is 0. The third-order valence-electron chi connectivity index (χ3n) is 2.99. The molecule has 0 radical (unpaired) electrons. The van der Waals surface area contributed by atoms with Gasteiger partial charge < -0.3 is 10.1 Å². The highest BCUT2D eigenvalue weighted by molar-refractivity contribution is 7.96. The van der Waals surface area contributed by atoms with Crippen molar-refractivity contribution in [3.63, 3.8) is 0 Å². The monoisotopic (exact) mass is 229 g/mol. The van der Waals surface area contributed by atoms with Gasteiger partial charge in [-0.05, 0) is 45.7 Å². The van der Waals surface area contributed by atoms with E-state index < -0.39 is 5.30 Å². The molecule has 0 heterocycles. The first kappa shape index (κ1) is 12.6. The fraction of sp³-hybridized carbons (Fsp3) is 0.727. The summed E-state index contributed by atoms with van der Waals surface area (Å²) in [5.74, 6) is 0. The maximum Gasteiger partial charge on any atom is 0.364 e. The molecule has 0 aromatic heterocycles. The van der Waals surface area contributed by atoms with Gasteiger partial charge in [0.1, 0.15) is 6.10 Å². The summed E-state index contributed by atoms with van der Waals surface area (Å²) >= 11 is 3.62. The molecule has 0 aromatic rings. The van der Waals surface area contributed by atoms with E-state index in [0.29, 0.717) is 0 Å². The van der Waals surface area contributed by atoms with E-state index in [1.807, 2.05) is 13.1 Å². The van der Waals surface area contributed by atoms with Crippen LogP contribution in [0.5, 0.6) is 0 Å². The van der Waals surface area contributed by atoms with Gasteiger partial charge in [-0.1, -0.05) is 18.7 Å². The van der Waals surface area contributed by atoms with Crippen molar-refractivity contribution >= 4 is 17.9 Å². The molecule has 0 saturated carbocycles. The van der Waals surface area contributed by atoms with E-state index in [1.54, 1.807) is 0 Å². The lowest BCUT2D eigenvalue weighted by Crippen LogP contribution is -2.39. The van der Waals surface area contributed by atoms with Crippen LogP contribution in [-0.4, -0.2) is 24.0 Å². The maximum absolute atomic E-state index is 10.7. The Labute approximate surface area is 96.7 Å². The number of carbonyl (C=O) groups excluding carboxylic acids is 1. The van der Waals surface area contributed by atoms with E-state index >= 15 is 0 Å². The molecule has 0 bridgehead atoms. The van der Waals surface area contributed by atoms with E-state index in [9.17, 15) is 4.79 Å². The van der Waals surface area contributed by atoms with Crippen LogP contribution in [0.1, 0.15) is 32.6 Å². The van der Waals surface area contributed by atoms with Crippen molar-refractivity contribution in [2.24, 2.45) is 0 Å². The molecule has 1 N–H and O–H groups in total. The normalized spacial score (nSPS) is 31.8. The summed E-state index contributed by atoms with van der Waals surface area (Å²) < 4.78 is 5.05. The molecule has 0 saturated heterocycles. The van der Waals surface area contributed by atoms with E-state index in [1.165, 1.54) is 0 Å². The number of hydrogen-bond acceptors (Lipinski definition) is 3. The first-order chi connectivity index (χ1) is 7.06. The van der Waals surface area contributed by atoms with Gasteiger partial charge in [-0.15, -0.1) is 0 Å². The Hall–Kier alpha value is -0.480. The second-order valence-electron chi connectivity index (χ2n) is 4.26. The molecular weight excluding hydrogens is 210 g/mol. The molecule has 2 unspecified atom stereocenters. The van der Waals surface area contributed by atoms with Crippen molar-refractivity contribution in [2.45, 2.75) is 44.2 Å². The van der Waals surface area contributed by atoms with Gasteiger partial charge in [0.2, 0.25) is 0 Å². The minimum absolute atomic E-state index is 0.101. The molecule has 2 atom stereocenters. The van der Waals surface area contributed by atoms with Gasteiger partial charge in [-0.25, -0.2) is 4.79 Å². The number of carbonyl (C=O) groups is 1. The lowest BCUT2D eigenvalue weighted by molar-refractivity contribution is 0.137. The molecule has 86 valence electrons. The summed E-state index contributed by atoms with van der Waals surface area (Å²) in [5, 5.41) is 2.83. The van der Waals surface area contributed by atoms with E-state index in [-0.39, 0.29) is 11.6 Å². The number of thiol groups is 1. The SMILES string of the molecule is CNC1(C)CC=CC(OC(=O)S)CCC1. The summed E-state index contributed by atoms with van der Waals surface area (Å²) in [6.45, 7) is 2.21. The van der Waals surface area contributed by atoms with E-state index in [2.05, 4.69) is 30.9 Å². The standard InChI is InChI=1S/C11H19NO2S/c1-11(12-2)7-3-5-9(6-4-8-11)14-10(13)15/h3,5,9,12H,4,6-8H2,1-2H3,(H,13,15). The molecule has 1 aliphatic carbocycles. The zero-order valence-corrected chi connectivity index (χ0v) is 10.2. The van der Waals surface area contributed by atoms with Crippen LogP contribution in [0.4, 0.5) is 4.79 Å². The van der Waals surface area contributed by atoms with Gasteiger partial charge in [0, 0.05) is 5.54 Å². The number of hydrogen-bond donors (Lipinski definition) is 2. The van der Waals surface area contributed by atoms with E-state index in [0.717, 1.165) is 25.7 Å². The smallest absolute Gasteiger partial charge is 0.364 e. The molecule has 15 heavy (non-hydrogen) atoms. The number of nitrogens with one attached hydrogen (secondary N) is 1. The highest BCUT2D eigenvalue weighted by Gasteiger charge is 2.22. The second kappa shape index (κ2) is 5.56. The summed E-state index contributed by atoms with van der Waals surface area (Å²) in [7, 11) is 1.99. The van der Waals surface area contributed by atoms with Crippen LogP contribution in [0, 0.1) is 0 Å². The second-order valence-corrected chi connectivity index (χ2v) is 4.62. The van der Waals surface area contributed by atoms with E-state index in [4.69, 9.17) is 4.74 Å². The Morgan fingerprint density at radius 3 is 3.00 bits per heavy atom. The molecular formula is C11H19NO2S. The molecule has 0 spiro atoms. The molecule has 3 nitrogen and oxygen atoms in total. The Morgan fingerprint density at radius 1 is 1.67 bits per heavy atom. The van der Waals surface area contributed by atoms with Crippen LogP contribution in [0.15, 0.2) is 12.2 Å². The van der Waals surface area contributed by atoms with Crippen molar-refractivity contribution in [1.29, 1.82) is 0 Å². The predicted octanol–water partition coefficient (Wildman–Crippen LogP) is 2.53. The fourth-order valence-electron chi connectivity index (χ4n) is 1.83. The van der Waals surface area contributed by atoms with Gasteiger partial charge in [-0.3, -0.25) is 0 Å². The predicted molar refractivity (Wildman–Crippen MR) is 64.3 cm³/mol. The highest BCUT2D eigenvalue weighted by atomic mass is 32.1. The Kier molecular flexibility index (Phi) is 4.67. The average Bonchev–Trinajstić information content (AvgIpc) is 2.13. The van der Waals surface area contributed by atoms with Gasteiger partial charge in [0.05, 0.1) is 0 Å². The van der Waals surface area contributed by atoms with Crippen molar-refractivity contribution in [1.82, 2.24) is 5.32 Å². The van der Waals surface area contributed by atoms with Gasteiger partial charge in [-0.2, -0.15) is 0 Å². The third-order valence-corrected chi connectivity index (χ3v) is 3.10. The third kappa shape index (κ3) is 4.26.